The van der Waals surface area contributed by atoms with Crippen LogP contribution in [-0.4, -0.2) is 18.6 Å². The molecule has 0 aliphatic carbocycles. The number of benzene rings is 2. The normalized spacial score (nSPS) is 11.1. The Labute approximate surface area is 140 Å². The molecule has 0 saturated carbocycles. The Balaban J connectivity index is 2.02. The maximum absolute atomic E-state index is 12.4. The second-order valence-corrected chi connectivity index (χ2v) is 13.8. The van der Waals surface area contributed by atoms with Crippen molar-refractivity contribution in [1.29, 1.82) is 0 Å². The summed E-state index contributed by atoms with van der Waals surface area (Å²) in [4.78, 5) is 13.0. The molecule has 0 amide bonds. The summed E-state index contributed by atoms with van der Waals surface area (Å²) in [6.07, 6.45) is 0. The van der Waals surface area contributed by atoms with Crippen LogP contribution < -0.4 is 8.79 Å². The van der Waals surface area contributed by atoms with Crippen LogP contribution in [-0.2, 0) is 3.76 Å². The summed E-state index contributed by atoms with van der Waals surface area (Å²) in [5.74, 6) is -0.349. The van der Waals surface area contributed by atoms with E-state index in [2.05, 4.69) is 0 Å². The van der Waals surface area contributed by atoms with Crippen molar-refractivity contribution in [3.8, 4) is 0 Å². The predicted molar refractivity (Wildman–Crippen MR) is 93.5 cm³/mol. The van der Waals surface area contributed by atoms with Crippen molar-refractivity contribution in [3.05, 3.63) is 83.1 Å². The molecule has 3 aromatic rings. The first-order valence-corrected chi connectivity index (χ1v) is 13.4. The molecular formula is C17H13ClGeO2S. The fourth-order valence-corrected chi connectivity index (χ4v) is 9.16. The zero-order chi connectivity index (χ0) is 15.4. The molecule has 1 aromatic heterocycles. The summed E-state index contributed by atoms with van der Waals surface area (Å²) in [6.45, 7) is 0. The van der Waals surface area contributed by atoms with Crippen LogP contribution in [0.1, 0.15) is 9.67 Å². The Kier molecular flexibility index (Phi) is 4.67. The van der Waals surface area contributed by atoms with E-state index in [0.29, 0.717) is 4.88 Å². The molecule has 0 saturated heterocycles. The molecular weight excluding hydrogens is 376 g/mol. The minimum absolute atomic E-state index is 0.349. The van der Waals surface area contributed by atoms with Crippen molar-refractivity contribution < 1.29 is 8.56 Å². The zero-order valence-corrected chi connectivity index (χ0v) is 15.3. The number of carbonyl (C=O) groups excluding carboxylic acids is 1. The quantitative estimate of drug-likeness (QED) is 0.640. The van der Waals surface area contributed by atoms with Crippen molar-refractivity contribution in [2.45, 2.75) is 0 Å². The van der Waals surface area contributed by atoms with Gasteiger partial charge in [-0.2, -0.15) is 0 Å². The molecule has 0 unspecified atom stereocenters. The molecule has 0 radical (unpaired) electrons. The predicted octanol–water partition coefficient (Wildman–Crippen LogP) is 3.40. The number of thiophene rings is 1. The fraction of sp³-hybridized carbons (Fsp3) is 0. The van der Waals surface area contributed by atoms with Crippen LogP contribution in [0, 0.1) is 0 Å². The fourth-order valence-electron chi connectivity index (χ4n) is 2.16. The number of halogens is 1. The first kappa shape index (κ1) is 15.3. The molecule has 0 bridgehead atoms. The Bertz CT molecular complexity index is 705. The second kappa shape index (κ2) is 6.69. The molecule has 0 N–H and O–H groups in total. The van der Waals surface area contributed by atoms with E-state index in [-0.39, 0.29) is 5.97 Å². The van der Waals surface area contributed by atoms with Crippen LogP contribution in [0.25, 0.3) is 0 Å². The summed E-state index contributed by atoms with van der Waals surface area (Å²) < 4.78 is 7.68. The Morgan fingerprint density at radius 2 is 1.41 bits per heavy atom. The number of carbonyl (C=O) groups is 1. The van der Waals surface area contributed by atoms with Gasteiger partial charge in [0.1, 0.15) is 0 Å². The Morgan fingerprint density at radius 1 is 0.864 bits per heavy atom. The van der Waals surface area contributed by atoms with Gasteiger partial charge in [-0.05, 0) is 0 Å². The average Bonchev–Trinajstić information content (AvgIpc) is 3.11. The molecule has 0 atom stereocenters. The third-order valence-corrected chi connectivity index (χ3v) is 12.3. The Hall–Kier alpha value is -1.56. The molecule has 0 fully saturated rings. The maximum atomic E-state index is 12.4. The topological polar surface area (TPSA) is 26.3 Å². The molecule has 3 rings (SSSR count). The second-order valence-electron chi connectivity index (χ2n) is 4.69. The Morgan fingerprint density at radius 3 is 1.86 bits per heavy atom. The molecule has 2 nitrogen and oxygen atoms in total. The third-order valence-electron chi connectivity index (χ3n) is 3.25. The van der Waals surface area contributed by atoms with Crippen LogP contribution >= 0.6 is 21.3 Å². The van der Waals surface area contributed by atoms with Crippen molar-refractivity contribution in [1.82, 2.24) is 0 Å². The van der Waals surface area contributed by atoms with Crippen LogP contribution in [0.5, 0.6) is 0 Å². The van der Waals surface area contributed by atoms with Gasteiger partial charge in [0.2, 0.25) is 0 Å². The summed E-state index contributed by atoms with van der Waals surface area (Å²) in [7, 11) is 6.95. The minimum atomic E-state index is -3.70. The van der Waals surface area contributed by atoms with Gasteiger partial charge in [-0.15, -0.1) is 0 Å². The van der Waals surface area contributed by atoms with Crippen LogP contribution in [0.3, 0.4) is 0 Å². The summed E-state index contributed by atoms with van der Waals surface area (Å²) in [5, 5.41) is 1.85. The molecule has 0 spiro atoms. The number of rotatable bonds is 4. The van der Waals surface area contributed by atoms with E-state index in [1.54, 1.807) is 6.07 Å². The van der Waals surface area contributed by atoms with Crippen molar-refractivity contribution in [3.63, 3.8) is 0 Å². The standard InChI is InChI=1S/C17H13ClGeO2S/c18-19(14-8-3-1-4-9-14,15-10-5-2-6-11-15)21-17(20)16-12-7-13-22-16/h1-13H. The monoisotopic (exact) mass is 390 g/mol. The molecule has 2 aromatic carbocycles. The van der Waals surface area contributed by atoms with Gasteiger partial charge in [0.25, 0.3) is 0 Å². The van der Waals surface area contributed by atoms with Crippen molar-refractivity contribution in [2.75, 3.05) is 0 Å². The van der Waals surface area contributed by atoms with E-state index in [9.17, 15) is 4.79 Å². The van der Waals surface area contributed by atoms with E-state index >= 15 is 0 Å². The van der Waals surface area contributed by atoms with E-state index in [1.807, 2.05) is 72.1 Å². The van der Waals surface area contributed by atoms with Gasteiger partial charge in [-0.25, -0.2) is 0 Å². The van der Waals surface area contributed by atoms with Gasteiger partial charge in [-0.1, -0.05) is 0 Å². The molecule has 0 aliphatic rings. The van der Waals surface area contributed by atoms with Crippen LogP contribution in [0.2, 0.25) is 0 Å². The van der Waals surface area contributed by atoms with Crippen LogP contribution in [0.15, 0.2) is 78.2 Å². The van der Waals surface area contributed by atoms with Gasteiger partial charge < -0.3 is 0 Å². The van der Waals surface area contributed by atoms with Gasteiger partial charge in [0.05, 0.1) is 0 Å². The molecule has 1 heterocycles. The van der Waals surface area contributed by atoms with E-state index in [0.717, 1.165) is 8.79 Å². The summed E-state index contributed by atoms with van der Waals surface area (Å²) >= 11 is -2.34. The third kappa shape index (κ3) is 3.11. The number of hydrogen-bond acceptors (Lipinski definition) is 3. The van der Waals surface area contributed by atoms with Crippen molar-refractivity contribution >= 4 is 48.8 Å². The molecule has 0 aliphatic heterocycles. The van der Waals surface area contributed by atoms with Gasteiger partial charge in [0, 0.05) is 0 Å². The molecule has 22 heavy (non-hydrogen) atoms. The SMILES string of the molecule is O=C([O][Ge]([Cl])([c]1ccccc1)[c]1ccccc1)c1cccs1. The van der Waals surface area contributed by atoms with Crippen LogP contribution in [0.4, 0.5) is 0 Å². The van der Waals surface area contributed by atoms with Crippen molar-refractivity contribution in [2.24, 2.45) is 0 Å². The van der Waals surface area contributed by atoms with E-state index in [4.69, 9.17) is 13.8 Å². The average molecular weight is 389 g/mol. The van der Waals surface area contributed by atoms with Gasteiger partial charge >= 0.3 is 140 Å². The zero-order valence-electron chi connectivity index (χ0n) is 11.6. The van der Waals surface area contributed by atoms with E-state index in [1.165, 1.54) is 11.3 Å². The van der Waals surface area contributed by atoms with Gasteiger partial charge in [-0.3, -0.25) is 0 Å². The molecule has 110 valence electrons. The summed E-state index contributed by atoms with van der Waals surface area (Å²) in [6, 6.07) is 22.8. The van der Waals surface area contributed by atoms with E-state index < -0.39 is 12.7 Å². The summed E-state index contributed by atoms with van der Waals surface area (Å²) in [5.41, 5.74) is 0. The van der Waals surface area contributed by atoms with Gasteiger partial charge in [0.15, 0.2) is 0 Å². The molecule has 5 heteroatoms. The first-order valence-electron chi connectivity index (χ1n) is 6.77. The first-order chi connectivity index (χ1) is 10.7. The number of hydrogen-bond donors (Lipinski definition) is 0.